The van der Waals surface area contributed by atoms with Crippen LogP contribution in [0.15, 0.2) is 58.1 Å². The van der Waals surface area contributed by atoms with E-state index in [1.54, 1.807) is 0 Å². The summed E-state index contributed by atoms with van der Waals surface area (Å²) in [5, 5.41) is 5.85. The molecule has 1 aliphatic heterocycles. The van der Waals surface area contributed by atoms with E-state index in [2.05, 4.69) is 15.6 Å². The SMILES string of the molecule is COCCn1c(NC(=O)Cc2ccc3c(c2)CCO3)c(NCc2ccccc2)c(=O)[nH]c1=O. The highest BCUT2D eigenvalue weighted by Crippen LogP contribution is 2.26. The molecular weight excluding hydrogens is 424 g/mol. The van der Waals surface area contributed by atoms with Crippen molar-refractivity contribution in [2.75, 3.05) is 31.0 Å². The second kappa shape index (κ2) is 10.2. The molecule has 1 aromatic heterocycles. The number of nitrogens with one attached hydrogen (secondary N) is 3. The lowest BCUT2D eigenvalue weighted by Gasteiger charge is -2.18. The lowest BCUT2D eigenvalue weighted by Crippen LogP contribution is -2.36. The van der Waals surface area contributed by atoms with E-state index < -0.39 is 11.2 Å². The summed E-state index contributed by atoms with van der Waals surface area (Å²) in [7, 11) is 1.51. The Balaban J connectivity index is 1.61. The minimum absolute atomic E-state index is 0.0939. The largest absolute Gasteiger partial charge is 0.493 e. The number of rotatable bonds is 9. The molecule has 1 amide bonds. The zero-order valence-corrected chi connectivity index (χ0v) is 18.3. The zero-order chi connectivity index (χ0) is 23.2. The van der Waals surface area contributed by atoms with Crippen LogP contribution in [0.3, 0.4) is 0 Å². The Labute approximate surface area is 190 Å². The molecule has 33 heavy (non-hydrogen) atoms. The van der Waals surface area contributed by atoms with E-state index in [9.17, 15) is 14.4 Å². The molecule has 0 unspecified atom stereocenters. The van der Waals surface area contributed by atoms with Crippen LogP contribution in [0.5, 0.6) is 5.75 Å². The molecule has 1 aliphatic rings. The molecule has 9 nitrogen and oxygen atoms in total. The van der Waals surface area contributed by atoms with Crippen molar-refractivity contribution < 1.29 is 14.3 Å². The summed E-state index contributed by atoms with van der Waals surface area (Å²) in [6.07, 6.45) is 0.902. The van der Waals surface area contributed by atoms with Crippen molar-refractivity contribution in [3.05, 3.63) is 86.1 Å². The minimum atomic E-state index is -0.618. The molecule has 0 bridgehead atoms. The fraction of sp³-hybridized carbons (Fsp3) is 0.292. The number of anilines is 2. The third-order valence-electron chi connectivity index (χ3n) is 5.41. The van der Waals surface area contributed by atoms with Gasteiger partial charge in [-0.15, -0.1) is 0 Å². The lowest BCUT2D eigenvalue weighted by molar-refractivity contribution is -0.115. The Morgan fingerprint density at radius 1 is 1.15 bits per heavy atom. The first-order chi connectivity index (χ1) is 16.0. The van der Waals surface area contributed by atoms with Gasteiger partial charge in [-0.1, -0.05) is 42.5 Å². The van der Waals surface area contributed by atoms with E-state index in [0.29, 0.717) is 13.2 Å². The number of ether oxygens (including phenoxy) is 2. The Kier molecular flexibility index (Phi) is 6.89. The molecule has 0 atom stereocenters. The molecule has 2 heterocycles. The van der Waals surface area contributed by atoms with E-state index in [0.717, 1.165) is 28.9 Å². The molecule has 0 spiro atoms. The van der Waals surface area contributed by atoms with Gasteiger partial charge >= 0.3 is 5.69 Å². The number of methoxy groups -OCH3 is 1. The Morgan fingerprint density at radius 2 is 1.97 bits per heavy atom. The van der Waals surface area contributed by atoms with Crippen LogP contribution in [-0.4, -0.2) is 35.8 Å². The van der Waals surface area contributed by atoms with Crippen molar-refractivity contribution in [2.24, 2.45) is 0 Å². The molecular formula is C24H26N4O5. The maximum absolute atomic E-state index is 12.9. The molecule has 3 N–H and O–H groups in total. The number of amides is 1. The smallest absolute Gasteiger partial charge is 0.330 e. The third kappa shape index (κ3) is 5.32. The van der Waals surface area contributed by atoms with Crippen LogP contribution in [0.4, 0.5) is 11.5 Å². The van der Waals surface area contributed by atoms with Gasteiger partial charge in [0.1, 0.15) is 17.3 Å². The van der Waals surface area contributed by atoms with Crippen LogP contribution in [0, 0.1) is 0 Å². The standard InChI is InChI=1S/C24H26N4O5/c1-32-12-10-28-22(26-20(29)14-17-7-8-19-18(13-17)9-11-33-19)21(23(30)27-24(28)31)25-15-16-5-3-2-4-6-16/h2-8,13,25H,9-12,14-15H2,1H3,(H,26,29)(H,27,30,31). The summed E-state index contributed by atoms with van der Waals surface area (Å²) >= 11 is 0. The summed E-state index contributed by atoms with van der Waals surface area (Å²) in [6, 6.07) is 15.2. The first-order valence-corrected chi connectivity index (χ1v) is 10.7. The molecule has 0 fully saturated rings. The minimum Gasteiger partial charge on any atom is -0.493 e. The number of nitrogens with zero attached hydrogens (tertiary/aromatic N) is 1. The second-order valence-electron chi connectivity index (χ2n) is 7.73. The maximum atomic E-state index is 12.9. The number of benzene rings is 2. The number of aromatic nitrogens is 2. The summed E-state index contributed by atoms with van der Waals surface area (Å²) in [4.78, 5) is 40.4. The van der Waals surface area contributed by atoms with Crippen LogP contribution in [0.1, 0.15) is 16.7 Å². The van der Waals surface area contributed by atoms with Crippen LogP contribution >= 0.6 is 0 Å². The monoisotopic (exact) mass is 450 g/mol. The number of aromatic amines is 1. The van der Waals surface area contributed by atoms with Gasteiger partial charge in [-0.2, -0.15) is 0 Å². The van der Waals surface area contributed by atoms with Crippen LogP contribution < -0.4 is 26.6 Å². The van der Waals surface area contributed by atoms with Gasteiger partial charge in [0.15, 0.2) is 0 Å². The van der Waals surface area contributed by atoms with E-state index >= 15 is 0 Å². The highest BCUT2D eigenvalue weighted by molar-refractivity contribution is 5.94. The van der Waals surface area contributed by atoms with Crippen molar-refractivity contribution in [3.8, 4) is 5.75 Å². The van der Waals surface area contributed by atoms with E-state index in [-0.39, 0.29) is 37.0 Å². The molecule has 0 saturated carbocycles. The van der Waals surface area contributed by atoms with Crippen molar-refractivity contribution in [1.29, 1.82) is 0 Å². The summed E-state index contributed by atoms with van der Waals surface area (Å²) in [5.74, 6) is 0.619. The van der Waals surface area contributed by atoms with Crippen molar-refractivity contribution >= 4 is 17.4 Å². The highest BCUT2D eigenvalue weighted by atomic mass is 16.5. The molecule has 2 aromatic carbocycles. The topological polar surface area (TPSA) is 114 Å². The molecule has 0 radical (unpaired) electrons. The van der Waals surface area contributed by atoms with Crippen LogP contribution in [-0.2, 0) is 35.5 Å². The van der Waals surface area contributed by atoms with E-state index in [4.69, 9.17) is 9.47 Å². The summed E-state index contributed by atoms with van der Waals surface area (Å²) < 4.78 is 11.9. The van der Waals surface area contributed by atoms with Crippen molar-refractivity contribution in [3.63, 3.8) is 0 Å². The maximum Gasteiger partial charge on any atom is 0.330 e. The average molecular weight is 450 g/mol. The van der Waals surface area contributed by atoms with Gasteiger partial charge in [0.25, 0.3) is 5.56 Å². The molecule has 0 saturated heterocycles. The van der Waals surface area contributed by atoms with Gasteiger partial charge in [-0.3, -0.25) is 19.1 Å². The van der Waals surface area contributed by atoms with Gasteiger partial charge in [0.05, 0.1) is 26.2 Å². The van der Waals surface area contributed by atoms with Crippen LogP contribution in [0.25, 0.3) is 0 Å². The number of carbonyl (C=O) groups is 1. The first kappa shape index (κ1) is 22.3. The molecule has 0 aliphatic carbocycles. The Morgan fingerprint density at radius 3 is 2.76 bits per heavy atom. The number of hydrogen-bond donors (Lipinski definition) is 3. The predicted molar refractivity (Wildman–Crippen MR) is 125 cm³/mol. The molecule has 4 rings (SSSR count). The van der Waals surface area contributed by atoms with E-state index in [1.165, 1.54) is 11.7 Å². The Hall–Kier alpha value is -3.85. The quantitative estimate of drug-likeness (QED) is 0.459. The molecule has 172 valence electrons. The summed E-state index contributed by atoms with van der Waals surface area (Å²) in [5.41, 5.74) is 1.74. The number of fused-ring (bicyclic) bond motifs is 1. The fourth-order valence-corrected chi connectivity index (χ4v) is 3.76. The van der Waals surface area contributed by atoms with Gasteiger partial charge in [0, 0.05) is 20.1 Å². The van der Waals surface area contributed by atoms with Crippen molar-refractivity contribution in [2.45, 2.75) is 25.9 Å². The van der Waals surface area contributed by atoms with E-state index in [1.807, 2.05) is 48.5 Å². The van der Waals surface area contributed by atoms with Crippen molar-refractivity contribution in [1.82, 2.24) is 9.55 Å². The Bertz CT molecular complexity index is 1250. The van der Waals surface area contributed by atoms with Crippen LogP contribution in [0.2, 0.25) is 0 Å². The summed E-state index contributed by atoms with van der Waals surface area (Å²) in [6.45, 7) is 1.38. The fourth-order valence-electron chi connectivity index (χ4n) is 3.76. The first-order valence-electron chi connectivity index (χ1n) is 10.7. The average Bonchev–Trinajstić information content (AvgIpc) is 3.27. The predicted octanol–water partition coefficient (Wildman–Crippen LogP) is 1.91. The highest BCUT2D eigenvalue weighted by Gasteiger charge is 2.19. The van der Waals surface area contributed by atoms with Gasteiger partial charge in [0.2, 0.25) is 5.91 Å². The number of hydrogen-bond acceptors (Lipinski definition) is 6. The number of H-pyrrole nitrogens is 1. The molecule has 3 aromatic rings. The normalized spacial score (nSPS) is 12.2. The zero-order valence-electron chi connectivity index (χ0n) is 18.3. The third-order valence-corrected chi connectivity index (χ3v) is 5.41. The number of carbonyl (C=O) groups excluding carboxylic acids is 1. The van der Waals surface area contributed by atoms with Gasteiger partial charge in [-0.05, 0) is 22.8 Å². The molecule has 9 heteroatoms. The second-order valence-corrected chi connectivity index (χ2v) is 7.73. The lowest BCUT2D eigenvalue weighted by atomic mass is 10.1. The van der Waals surface area contributed by atoms with Gasteiger partial charge < -0.3 is 20.1 Å². The van der Waals surface area contributed by atoms with Gasteiger partial charge in [-0.25, -0.2) is 4.79 Å².